The summed E-state index contributed by atoms with van der Waals surface area (Å²) in [5.74, 6) is -0.820. The average Bonchev–Trinajstić information content (AvgIpc) is 3.10. The van der Waals surface area contributed by atoms with E-state index in [1.54, 1.807) is 29.2 Å². The molecule has 1 fully saturated rings. The van der Waals surface area contributed by atoms with Crippen molar-refractivity contribution in [1.82, 2.24) is 9.97 Å². The summed E-state index contributed by atoms with van der Waals surface area (Å²) in [6.07, 6.45) is 1.42. The highest BCUT2D eigenvalue weighted by Gasteiger charge is 2.21. The highest BCUT2D eigenvalue weighted by molar-refractivity contribution is 7.99. The second-order valence-corrected chi connectivity index (χ2v) is 7.57. The van der Waals surface area contributed by atoms with Crippen molar-refractivity contribution < 1.29 is 19.1 Å². The van der Waals surface area contributed by atoms with E-state index in [0.29, 0.717) is 23.8 Å². The molecule has 2 heterocycles. The van der Waals surface area contributed by atoms with Crippen LogP contribution in [0.25, 0.3) is 0 Å². The normalized spacial score (nSPS) is 13.4. The largest absolute Gasteiger partial charge is 0.455 e. The highest BCUT2D eigenvalue weighted by Crippen LogP contribution is 2.23. The smallest absolute Gasteiger partial charge is 0.316 e. The maximum absolute atomic E-state index is 12.0. The van der Waals surface area contributed by atoms with Gasteiger partial charge < -0.3 is 15.0 Å². The van der Waals surface area contributed by atoms with E-state index in [1.807, 2.05) is 19.9 Å². The number of hydrogen-bond donors (Lipinski definition) is 1. The molecule has 9 heteroatoms. The number of carbonyl (C=O) groups is 3. The number of rotatable bonds is 7. The van der Waals surface area contributed by atoms with E-state index >= 15 is 0 Å². The zero-order chi connectivity index (χ0) is 20.8. The van der Waals surface area contributed by atoms with Gasteiger partial charge in [0.05, 0.1) is 5.75 Å². The number of benzene rings is 1. The molecule has 1 aromatic heterocycles. The molecule has 0 unspecified atom stereocenters. The molecule has 29 heavy (non-hydrogen) atoms. The minimum absolute atomic E-state index is 0.0226. The van der Waals surface area contributed by atoms with Gasteiger partial charge in [-0.1, -0.05) is 11.8 Å². The van der Waals surface area contributed by atoms with Gasteiger partial charge in [-0.05, 0) is 50.6 Å². The monoisotopic (exact) mass is 414 g/mol. The standard InChI is InChI=1S/C20H22N4O4S/c1-13-10-14(2)22-20(21-13)29-12-19(27)28-11-17(25)23-15-5-7-16(8-6-15)24-9-3-4-18(24)26/h5-8,10H,3-4,9,11-12H2,1-2H3,(H,23,25). The molecule has 1 aromatic carbocycles. The van der Waals surface area contributed by atoms with Gasteiger partial charge in [-0.25, -0.2) is 9.97 Å². The molecule has 0 saturated carbocycles. The van der Waals surface area contributed by atoms with Crippen LogP contribution in [0.3, 0.4) is 0 Å². The van der Waals surface area contributed by atoms with Gasteiger partial charge in [0.25, 0.3) is 5.91 Å². The molecule has 0 spiro atoms. The van der Waals surface area contributed by atoms with Gasteiger partial charge in [0.1, 0.15) is 0 Å². The van der Waals surface area contributed by atoms with E-state index in [1.165, 1.54) is 11.8 Å². The highest BCUT2D eigenvalue weighted by atomic mass is 32.2. The lowest BCUT2D eigenvalue weighted by Crippen LogP contribution is -2.24. The zero-order valence-corrected chi connectivity index (χ0v) is 17.1. The molecule has 2 amide bonds. The summed E-state index contributed by atoms with van der Waals surface area (Å²) in [7, 11) is 0. The molecule has 152 valence electrons. The van der Waals surface area contributed by atoms with Crippen molar-refractivity contribution in [3.8, 4) is 0 Å². The van der Waals surface area contributed by atoms with E-state index in [-0.39, 0.29) is 18.3 Å². The van der Waals surface area contributed by atoms with Crippen molar-refractivity contribution in [3.05, 3.63) is 41.7 Å². The van der Waals surface area contributed by atoms with Gasteiger partial charge in [-0.2, -0.15) is 0 Å². The first-order valence-electron chi connectivity index (χ1n) is 9.22. The molecular formula is C20H22N4O4S. The van der Waals surface area contributed by atoms with E-state index in [4.69, 9.17) is 4.74 Å². The fraction of sp³-hybridized carbons (Fsp3) is 0.350. The first-order chi connectivity index (χ1) is 13.9. The molecule has 0 atom stereocenters. The maximum Gasteiger partial charge on any atom is 0.316 e. The number of aryl methyl sites for hydroxylation is 2. The molecule has 1 N–H and O–H groups in total. The van der Waals surface area contributed by atoms with Crippen LogP contribution in [0.4, 0.5) is 11.4 Å². The van der Waals surface area contributed by atoms with Gasteiger partial charge >= 0.3 is 5.97 Å². The number of amides is 2. The van der Waals surface area contributed by atoms with Crippen molar-refractivity contribution in [2.45, 2.75) is 31.8 Å². The molecular weight excluding hydrogens is 392 g/mol. The van der Waals surface area contributed by atoms with Gasteiger partial charge in [-0.3, -0.25) is 14.4 Å². The first-order valence-corrected chi connectivity index (χ1v) is 10.2. The Hall–Kier alpha value is -2.94. The van der Waals surface area contributed by atoms with Crippen LogP contribution in [0, 0.1) is 13.8 Å². The maximum atomic E-state index is 12.0. The van der Waals surface area contributed by atoms with Crippen molar-refractivity contribution in [2.75, 3.05) is 29.1 Å². The number of hydrogen-bond acceptors (Lipinski definition) is 7. The summed E-state index contributed by atoms with van der Waals surface area (Å²) >= 11 is 1.17. The topological polar surface area (TPSA) is 101 Å². The lowest BCUT2D eigenvalue weighted by atomic mass is 10.2. The predicted molar refractivity (Wildman–Crippen MR) is 110 cm³/mol. The third kappa shape index (κ3) is 6.02. The number of ether oxygens (including phenoxy) is 1. The van der Waals surface area contributed by atoms with E-state index in [9.17, 15) is 14.4 Å². The first kappa shape index (κ1) is 20.8. The number of nitrogens with zero attached hydrogens (tertiary/aromatic N) is 3. The van der Waals surface area contributed by atoms with Crippen LogP contribution in [0.15, 0.2) is 35.5 Å². The average molecular weight is 414 g/mol. The van der Waals surface area contributed by atoms with Crippen LogP contribution in [-0.4, -0.2) is 46.7 Å². The minimum Gasteiger partial charge on any atom is -0.455 e. The predicted octanol–water partition coefficient (Wildman–Crippen LogP) is 2.49. The van der Waals surface area contributed by atoms with Gasteiger partial charge in [0.15, 0.2) is 11.8 Å². The molecule has 1 saturated heterocycles. The number of carbonyl (C=O) groups excluding carboxylic acids is 3. The Morgan fingerprint density at radius 3 is 2.48 bits per heavy atom. The van der Waals surface area contributed by atoms with Crippen molar-refractivity contribution in [3.63, 3.8) is 0 Å². The van der Waals surface area contributed by atoms with Crippen LogP contribution in [-0.2, 0) is 19.1 Å². The number of nitrogens with one attached hydrogen (secondary N) is 1. The van der Waals surface area contributed by atoms with Crippen LogP contribution in [0.2, 0.25) is 0 Å². The second kappa shape index (κ2) is 9.51. The van der Waals surface area contributed by atoms with E-state index in [0.717, 1.165) is 23.5 Å². The Labute approximate surface area is 173 Å². The quantitative estimate of drug-likeness (QED) is 0.422. The fourth-order valence-electron chi connectivity index (χ4n) is 2.91. The summed E-state index contributed by atoms with van der Waals surface area (Å²) in [5, 5.41) is 3.16. The Kier molecular flexibility index (Phi) is 6.82. The number of anilines is 2. The lowest BCUT2D eigenvalue weighted by molar-refractivity contribution is -0.144. The van der Waals surface area contributed by atoms with Gasteiger partial charge in [0.2, 0.25) is 5.91 Å². The Bertz CT molecular complexity index is 897. The summed E-state index contributed by atoms with van der Waals surface area (Å²) in [6, 6.07) is 8.85. The molecule has 0 bridgehead atoms. The van der Waals surface area contributed by atoms with Crippen molar-refractivity contribution in [1.29, 1.82) is 0 Å². The van der Waals surface area contributed by atoms with Crippen molar-refractivity contribution >= 4 is 40.9 Å². The number of esters is 1. The zero-order valence-electron chi connectivity index (χ0n) is 16.3. The van der Waals surface area contributed by atoms with Gasteiger partial charge in [0, 0.05) is 35.7 Å². The van der Waals surface area contributed by atoms with E-state index < -0.39 is 11.9 Å². The molecule has 1 aliphatic heterocycles. The minimum atomic E-state index is -0.518. The van der Waals surface area contributed by atoms with E-state index in [2.05, 4.69) is 15.3 Å². The Morgan fingerprint density at radius 1 is 1.17 bits per heavy atom. The molecule has 8 nitrogen and oxygen atoms in total. The molecule has 0 radical (unpaired) electrons. The Morgan fingerprint density at radius 2 is 1.86 bits per heavy atom. The van der Waals surface area contributed by atoms with Gasteiger partial charge in [-0.15, -0.1) is 0 Å². The molecule has 3 rings (SSSR count). The molecule has 2 aromatic rings. The summed E-state index contributed by atoms with van der Waals surface area (Å²) in [5.41, 5.74) is 3.03. The van der Waals surface area contributed by atoms with Crippen molar-refractivity contribution in [2.24, 2.45) is 0 Å². The molecule has 1 aliphatic rings. The molecule has 0 aliphatic carbocycles. The summed E-state index contributed by atoms with van der Waals surface area (Å²) < 4.78 is 5.00. The Balaban J connectivity index is 1.42. The number of thioether (sulfide) groups is 1. The van der Waals surface area contributed by atoms with Crippen LogP contribution in [0.1, 0.15) is 24.2 Å². The SMILES string of the molecule is Cc1cc(C)nc(SCC(=O)OCC(=O)Nc2ccc(N3CCCC3=O)cc2)n1. The summed E-state index contributed by atoms with van der Waals surface area (Å²) in [4.78, 5) is 45.8. The third-order valence-electron chi connectivity index (χ3n) is 4.18. The lowest BCUT2D eigenvalue weighted by Gasteiger charge is -2.16. The third-order valence-corrected chi connectivity index (χ3v) is 5.00. The second-order valence-electron chi connectivity index (χ2n) is 6.63. The van der Waals surface area contributed by atoms with Crippen LogP contribution in [0.5, 0.6) is 0 Å². The van der Waals surface area contributed by atoms with Crippen LogP contribution < -0.4 is 10.2 Å². The summed E-state index contributed by atoms with van der Waals surface area (Å²) in [6.45, 7) is 4.05. The fourth-order valence-corrected chi connectivity index (χ4v) is 3.66. The number of aromatic nitrogens is 2. The van der Waals surface area contributed by atoms with Crippen LogP contribution >= 0.6 is 11.8 Å².